The van der Waals surface area contributed by atoms with Crippen LogP contribution in [0.2, 0.25) is 5.02 Å². The molecule has 4 rings (SSSR count). The molecule has 4 N–H and O–H groups in total. The first kappa shape index (κ1) is 24.9. The van der Waals surface area contributed by atoms with E-state index in [1.54, 1.807) is 0 Å². The monoisotopic (exact) mass is 512 g/mol. The predicted octanol–water partition coefficient (Wildman–Crippen LogP) is 1.74. The minimum atomic E-state index is -4.08. The van der Waals surface area contributed by atoms with Gasteiger partial charge >= 0.3 is 0 Å². The molecule has 186 valence electrons. The molecule has 0 saturated carbocycles. The quantitative estimate of drug-likeness (QED) is 0.308. The average Bonchev–Trinajstić information content (AvgIpc) is 3.26. The molecule has 2 fully saturated rings. The van der Waals surface area contributed by atoms with Gasteiger partial charge in [0, 0.05) is 26.2 Å². The summed E-state index contributed by atoms with van der Waals surface area (Å²) < 4.78 is 33.5. The van der Waals surface area contributed by atoms with E-state index in [4.69, 9.17) is 16.3 Å². The number of phenols is 1. The lowest BCUT2D eigenvalue weighted by atomic mass is 10.0. The van der Waals surface area contributed by atoms with Crippen molar-refractivity contribution in [1.29, 1.82) is 0 Å². The van der Waals surface area contributed by atoms with Crippen molar-refractivity contribution in [2.24, 2.45) is 0 Å². The van der Waals surface area contributed by atoms with Gasteiger partial charge in [0.05, 0.1) is 29.0 Å². The summed E-state index contributed by atoms with van der Waals surface area (Å²) in [5, 5.41) is 19.7. The zero-order valence-corrected chi connectivity index (χ0v) is 20.6. The number of piperazine rings is 1. The van der Waals surface area contributed by atoms with Crippen LogP contribution in [0.1, 0.15) is 33.1 Å². The van der Waals surface area contributed by atoms with E-state index in [1.807, 2.05) is 13.8 Å². The van der Waals surface area contributed by atoms with Crippen LogP contribution in [0.15, 0.2) is 26.6 Å². The zero-order chi connectivity index (χ0) is 24.6. The van der Waals surface area contributed by atoms with Crippen molar-refractivity contribution in [3.63, 3.8) is 0 Å². The Labute approximate surface area is 203 Å². The van der Waals surface area contributed by atoms with Crippen molar-refractivity contribution in [2.45, 2.75) is 56.3 Å². The SMILES string of the molecule is CCC(Nc1c(Nc2ccc(Cl)c(S(=O)(=O)N3CCNCC3)c2O)c(=O)c1=O)[C@H]1CC[C@@H](C)O1. The first-order valence-corrected chi connectivity index (χ1v) is 13.2. The summed E-state index contributed by atoms with van der Waals surface area (Å²) in [5.74, 6) is -0.606. The molecule has 2 aliphatic rings. The van der Waals surface area contributed by atoms with Gasteiger partial charge in [-0.1, -0.05) is 18.5 Å². The van der Waals surface area contributed by atoms with Gasteiger partial charge in [-0.15, -0.1) is 0 Å². The van der Waals surface area contributed by atoms with Crippen molar-refractivity contribution < 1.29 is 18.3 Å². The maximum Gasteiger partial charge on any atom is 0.253 e. The Balaban J connectivity index is 1.62. The molecular weight excluding hydrogens is 484 g/mol. The molecule has 12 heteroatoms. The normalized spacial score (nSPS) is 22.7. The van der Waals surface area contributed by atoms with Crippen LogP contribution in [0.4, 0.5) is 17.1 Å². The van der Waals surface area contributed by atoms with Crippen molar-refractivity contribution in [2.75, 3.05) is 36.8 Å². The van der Waals surface area contributed by atoms with Crippen LogP contribution in [0.25, 0.3) is 0 Å². The molecule has 0 radical (unpaired) electrons. The predicted molar refractivity (Wildman–Crippen MR) is 131 cm³/mol. The Morgan fingerprint density at radius 3 is 2.50 bits per heavy atom. The van der Waals surface area contributed by atoms with Gasteiger partial charge in [0.2, 0.25) is 10.0 Å². The number of halogens is 1. The van der Waals surface area contributed by atoms with Crippen LogP contribution in [0.3, 0.4) is 0 Å². The fraction of sp³-hybridized carbons (Fsp3) is 0.545. The molecule has 1 unspecified atom stereocenters. The first-order valence-electron chi connectivity index (χ1n) is 11.4. The highest BCUT2D eigenvalue weighted by molar-refractivity contribution is 7.89. The molecule has 0 spiro atoms. The molecular formula is C22H29ClN4O6S. The van der Waals surface area contributed by atoms with E-state index < -0.39 is 31.5 Å². The van der Waals surface area contributed by atoms with Crippen LogP contribution < -0.4 is 26.8 Å². The molecule has 0 amide bonds. The van der Waals surface area contributed by atoms with Crippen LogP contribution in [-0.4, -0.2) is 62.3 Å². The van der Waals surface area contributed by atoms with Crippen molar-refractivity contribution in [3.05, 3.63) is 37.6 Å². The third kappa shape index (κ3) is 4.55. The van der Waals surface area contributed by atoms with Gasteiger partial charge in [0.15, 0.2) is 5.75 Å². The maximum atomic E-state index is 13.2. The average molecular weight is 513 g/mol. The second kappa shape index (κ2) is 9.82. The van der Waals surface area contributed by atoms with Gasteiger partial charge in [0.25, 0.3) is 10.9 Å². The van der Waals surface area contributed by atoms with Gasteiger partial charge in [-0.2, -0.15) is 4.31 Å². The number of nitrogens with zero attached hydrogens (tertiary/aromatic N) is 1. The number of hydrogen-bond donors (Lipinski definition) is 4. The summed E-state index contributed by atoms with van der Waals surface area (Å²) in [5.41, 5.74) is -1.39. The second-order valence-corrected chi connectivity index (χ2v) is 11.0. The Morgan fingerprint density at radius 1 is 1.21 bits per heavy atom. The van der Waals surface area contributed by atoms with Crippen molar-refractivity contribution >= 4 is 38.7 Å². The van der Waals surface area contributed by atoms with Crippen LogP contribution >= 0.6 is 11.6 Å². The number of phenolic OH excluding ortho intramolecular Hbond substituents is 1. The van der Waals surface area contributed by atoms with Crippen LogP contribution in [0, 0.1) is 0 Å². The summed E-state index contributed by atoms with van der Waals surface area (Å²) in [6.45, 7) is 5.39. The molecule has 2 aromatic carbocycles. The molecule has 3 atom stereocenters. The maximum absolute atomic E-state index is 13.2. The fourth-order valence-electron chi connectivity index (χ4n) is 4.46. The number of sulfonamides is 1. The van der Waals surface area contributed by atoms with E-state index in [9.17, 15) is 23.1 Å². The highest BCUT2D eigenvalue weighted by atomic mass is 35.5. The summed E-state index contributed by atoms with van der Waals surface area (Å²) in [7, 11) is -4.08. The summed E-state index contributed by atoms with van der Waals surface area (Å²) in [4.78, 5) is 24.2. The highest BCUT2D eigenvalue weighted by Crippen LogP contribution is 2.40. The Hall–Kier alpha value is -2.18. The molecule has 0 bridgehead atoms. The minimum absolute atomic E-state index is 0.0300. The Morgan fingerprint density at radius 2 is 1.88 bits per heavy atom. The topological polar surface area (TPSA) is 137 Å². The molecule has 2 aliphatic heterocycles. The summed E-state index contributed by atoms with van der Waals surface area (Å²) in [6.07, 6.45) is 2.48. The van der Waals surface area contributed by atoms with Crippen LogP contribution in [0.5, 0.6) is 5.75 Å². The van der Waals surface area contributed by atoms with Gasteiger partial charge in [-0.25, -0.2) is 8.42 Å². The zero-order valence-electron chi connectivity index (χ0n) is 19.1. The van der Waals surface area contributed by atoms with E-state index in [1.165, 1.54) is 16.4 Å². The van der Waals surface area contributed by atoms with Gasteiger partial charge < -0.3 is 25.8 Å². The summed E-state index contributed by atoms with van der Waals surface area (Å²) >= 11 is 6.17. The second-order valence-electron chi connectivity index (χ2n) is 8.68. The number of ether oxygens (including phenoxy) is 1. The number of hydrogen-bond acceptors (Lipinski definition) is 9. The van der Waals surface area contributed by atoms with Crippen LogP contribution in [-0.2, 0) is 14.8 Å². The molecule has 2 heterocycles. The van der Waals surface area contributed by atoms with E-state index in [0.717, 1.165) is 12.8 Å². The van der Waals surface area contributed by atoms with E-state index in [2.05, 4.69) is 16.0 Å². The Bertz CT molecular complexity index is 1240. The fourth-order valence-corrected chi connectivity index (χ4v) is 6.50. The third-order valence-electron chi connectivity index (χ3n) is 6.41. The Kier molecular flexibility index (Phi) is 7.20. The van der Waals surface area contributed by atoms with Gasteiger partial charge in [-0.05, 0) is 38.3 Å². The van der Waals surface area contributed by atoms with Gasteiger partial charge in [-0.3, -0.25) is 9.59 Å². The molecule has 34 heavy (non-hydrogen) atoms. The smallest absolute Gasteiger partial charge is 0.253 e. The molecule has 0 aliphatic carbocycles. The largest absolute Gasteiger partial charge is 0.504 e. The lowest BCUT2D eigenvalue weighted by molar-refractivity contribution is 0.0438. The lowest BCUT2D eigenvalue weighted by Crippen LogP contribution is -2.46. The molecule has 10 nitrogen and oxygen atoms in total. The summed E-state index contributed by atoms with van der Waals surface area (Å²) in [6, 6.07) is 2.53. The highest BCUT2D eigenvalue weighted by Gasteiger charge is 2.34. The molecule has 0 aromatic heterocycles. The van der Waals surface area contributed by atoms with Crippen molar-refractivity contribution in [3.8, 4) is 5.75 Å². The number of aromatic hydroxyl groups is 1. The van der Waals surface area contributed by atoms with E-state index >= 15 is 0 Å². The first-order chi connectivity index (χ1) is 16.1. The van der Waals surface area contributed by atoms with E-state index in [0.29, 0.717) is 19.5 Å². The number of nitrogens with one attached hydrogen (secondary N) is 3. The molecule has 2 aromatic rings. The van der Waals surface area contributed by atoms with Gasteiger partial charge in [0.1, 0.15) is 16.3 Å². The standard InChI is InChI=1S/C22H29ClN4O6S/c1-3-14(16-7-4-12(2)33-16)25-17-18(21(30)20(17)29)26-15-6-5-13(23)22(19(15)28)34(31,32)27-10-8-24-9-11-27/h5-6,12,14,16,24-26,28H,3-4,7-11H2,1-2H3/t12-,14?,16-/m1/s1. The third-order valence-corrected chi connectivity index (χ3v) is 8.81. The number of rotatable bonds is 8. The molecule has 2 saturated heterocycles. The number of benzene rings is 1. The number of anilines is 3. The van der Waals surface area contributed by atoms with E-state index in [-0.39, 0.29) is 53.4 Å². The minimum Gasteiger partial charge on any atom is -0.504 e. The lowest BCUT2D eigenvalue weighted by Gasteiger charge is -2.28. The van der Waals surface area contributed by atoms with Crippen molar-refractivity contribution in [1.82, 2.24) is 9.62 Å².